The molecule has 2 rings (SSSR count). The molecule has 1 aromatic carbocycles. The van der Waals surface area contributed by atoms with Crippen molar-refractivity contribution in [2.45, 2.75) is 33.2 Å². The molecule has 0 unspecified atom stereocenters. The molecule has 0 saturated heterocycles. The first-order chi connectivity index (χ1) is 9.54. The third kappa shape index (κ3) is 2.74. The highest BCUT2D eigenvalue weighted by Crippen LogP contribution is 2.09. The zero-order chi connectivity index (χ0) is 14.7. The molecule has 20 heavy (non-hydrogen) atoms. The highest BCUT2D eigenvalue weighted by molar-refractivity contribution is 5.97. The molecule has 0 bridgehead atoms. The van der Waals surface area contributed by atoms with Crippen molar-refractivity contribution in [2.24, 2.45) is 5.92 Å². The second kappa shape index (κ2) is 5.90. The molecular weight excluding hydrogens is 252 g/mol. The minimum atomic E-state index is -0.308. The van der Waals surface area contributed by atoms with E-state index in [1.54, 1.807) is 12.1 Å². The Hall–Kier alpha value is -2.10. The number of carbonyl (C=O) groups is 1. The first kappa shape index (κ1) is 14.3. The number of amides is 1. The third-order valence-electron chi connectivity index (χ3n) is 3.59. The lowest BCUT2D eigenvalue weighted by Gasteiger charge is -2.20. The van der Waals surface area contributed by atoms with Crippen LogP contribution in [-0.4, -0.2) is 16.9 Å². The molecule has 1 heterocycles. The molecule has 0 spiro atoms. The molecule has 1 amide bonds. The van der Waals surface area contributed by atoms with Crippen molar-refractivity contribution >= 4 is 16.8 Å². The standard InChI is InChI=1S/C16H20N2O2/c1-4-13(10(2)3)18-16(20)12-9-17-14-8-6-5-7-11(14)15(12)19/h5-10,13H,4H2,1-3H3,(H,17,19)(H,18,20)/t13-/m0/s1. The van der Waals surface area contributed by atoms with Crippen LogP contribution in [0, 0.1) is 5.92 Å². The van der Waals surface area contributed by atoms with Gasteiger partial charge in [-0.15, -0.1) is 0 Å². The highest BCUT2D eigenvalue weighted by Gasteiger charge is 2.18. The lowest BCUT2D eigenvalue weighted by atomic mass is 10.0. The van der Waals surface area contributed by atoms with E-state index in [9.17, 15) is 9.59 Å². The smallest absolute Gasteiger partial charge is 0.256 e. The topological polar surface area (TPSA) is 62.0 Å². The van der Waals surface area contributed by atoms with E-state index in [2.05, 4.69) is 24.1 Å². The Bertz CT molecular complexity index is 673. The van der Waals surface area contributed by atoms with Crippen LogP contribution < -0.4 is 10.7 Å². The van der Waals surface area contributed by atoms with Gasteiger partial charge in [0.2, 0.25) is 5.43 Å². The van der Waals surface area contributed by atoms with Crippen molar-refractivity contribution in [3.8, 4) is 0 Å². The van der Waals surface area contributed by atoms with E-state index >= 15 is 0 Å². The molecule has 0 saturated carbocycles. The van der Waals surface area contributed by atoms with Gasteiger partial charge < -0.3 is 10.3 Å². The molecule has 0 aliphatic carbocycles. The van der Waals surface area contributed by atoms with Gasteiger partial charge in [0.15, 0.2) is 0 Å². The Morgan fingerprint density at radius 2 is 2.00 bits per heavy atom. The molecule has 106 valence electrons. The molecule has 0 aliphatic rings. The fraction of sp³-hybridized carbons (Fsp3) is 0.375. The quantitative estimate of drug-likeness (QED) is 0.899. The normalized spacial score (nSPS) is 12.6. The van der Waals surface area contributed by atoms with E-state index in [1.165, 1.54) is 6.20 Å². The maximum Gasteiger partial charge on any atom is 0.256 e. The number of aromatic nitrogens is 1. The molecule has 1 atom stereocenters. The van der Waals surface area contributed by atoms with Crippen molar-refractivity contribution in [3.63, 3.8) is 0 Å². The SMILES string of the molecule is CC[C@H](NC(=O)c1c[nH]c2ccccc2c1=O)C(C)C. The van der Waals surface area contributed by atoms with Gasteiger partial charge in [-0.25, -0.2) is 0 Å². The largest absolute Gasteiger partial charge is 0.360 e. The average Bonchev–Trinajstić information content (AvgIpc) is 2.44. The lowest BCUT2D eigenvalue weighted by molar-refractivity contribution is 0.0923. The number of benzene rings is 1. The van der Waals surface area contributed by atoms with Gasteiger partial charge in [0.25, 0.3) is 5.91 Å². The Morgan fingerprint density at radius 1 is 1.30 bits per heavy atom. The number of hydrogen-bond donors (Lipinski definition) is 2. The fourth-order valence-corrected chi connectivity index (χ4v) is 2.32. The van der Waals surface area contributed by atoms with Crippen LogP contribution in [0.4, 0.5) is 0 Å². The summed E-state index contributed by atoms with van der Waals surface area (Å²) in [7, 11) is 0. The van der Waals surface area contributed by atoms with Crippen molar-refractivity contribution in [2.75, 3.05) is 0 Å². The summed E-state index contributed by atoms with van der Waals surface area (Å²) in [6, 6.07) is 7.27. The maximum atomic E-state index is 12.3. The molecule has 0 radical (unpaired) electrons. The lowest BCUT2D eigenvalue weighted by Crippen LogP contribution is -2.40. The first-order valence-electron chi connectivity index (χ1n) is 6.96. The van der Waals surface area contributed by atoms with Crippen LogP contribution in [0.1, 0.15) is 37.6 Å². The molecule has 0 aliphatic heterocycles. The second-order valence-electron chi connectivity index (χ2n) is 5.31. The number of fused-ring (bicyclic) bond motifs is 1. The molecule has 4 nitrogen and oxygen atoms in total. The Kier molecular flexibility index (Phi) is 4.23. The van der Waals surface area contributed by atoms with Gasteiger partial charge in [-0.05, 0) is 24.5 Å². The van der Waals surface area contributed by atoms with Crippen molar-refractivity contribution in [1.29, 1.82) is 0 Å². The van der Waals surface area contributed by atoms with E-state index < -0.39 is 0 Å². The van der Waals surface area contributed by atoms with Crippen molar-refractivity contribution in [1.82, 2.24) is 10.3 Å². The minimum absolute atomic E-state index is 0.0772. The van der Waals surface area contributed by atoms with Crippen LogP contribution in [-0.2, 0) is 0 Å². The van der Waals surface area contributed by atoms with E-state index in [1.807, 2.05) is 19.1 Å². The highest BCUT2D eigenvalue weighted by atomic mass is 16.2. The fourth-order valence-electron chi connectivity index (χ4n) is 2.32. The number of H-pyrrole nitrogens is 1. The average molecular weight is 272 g/mol. The van der Waals surface area contributed by atoms with Gasteiger partial charge in [-0.2, -0.15) is 0 Å². The van der Waals surface area contributed by atoms with E-state index in [0.29, 0.717) is 11.3 Å². The third-order valence-corrected chi connectivity index (χ3v) is 3.59. The van der Waals surface area contributed by atoms with Crippen LogP contribution in [0.25, 0.3) is 10.9 Å². The monoisotopic (exact) mass is 272 g/mol. The van der Waals surface area contributed by atoms with Gasteiger partial charge in [0.05, 0.1) is 0 Å². The van der Waals surface area contributed by atoms with Gasteiger partial charge in [0.1, 0.15) is 5.56 Å². The van der Waals surface area contributed by atoms with E-state index in [0.717, 1.165) is 11.9 Å². The molecule has 4 heteroatoms. The number of pyridine rings is 1. The second-order valence-corrected chi connectivity index (χ2v) is 5.31. The van der Waals surface area contributed by atoms with Crippen molar-refractivity contribution < 1.29 is 4.79 Å². The summed E-state index contributed by atoms with van der Waals surface area (Å²) in [5.74, 6) is 0.0287. The minimum Gasteiger partial charge on any atom is -0.360 e. The van der Waals surface area contributed by atoms with Crippen LogP contribution in [0.15, 0.2) is 35.3 Å². The summed E-state index contributed by atoms with van der Waals surface area (Å²) in [5, 5.41) is 3.47. The summed E-state index contributed by atoms with van der Waals surface area (Å²) >= 11 is 0. The van der Waals surface area contributed by atoms with E-state index in [4.69, 9.17) is 0 Å². The van der Waals surface area contributed by atoms with Crippen molar-refractivity contribution in [3.05, 3.63) is 46.2 Å². The number of rotatable bonds is 4. The van der Waals surface area contributed by atoms with Crippen LogP contribution in [0.5, 0.6) is 0 Å². The van der Waals surface area contributed by atoms with Crippen LogP contribution in [0.2, 0.25) is 0 Å². The summed E-state index contributed by atoms with van der Waals surface area (Å²) in [6.45, 7) is 6.13. The first-order valence-corrected chi connectivity index (χ1v) is 6.96. The number of aromatic amines is 1. The molecule has 1 aromatic heterocycles. The summed E-state index contributed by atoms with van der Waals surface area (Å²) < 4.78 is 0. The van der Waals surface area contributed by atoms with Crippen LogP contribution >= 0.6 is 0 Å². The Labute approximate surface area is 118 Å². The number of hydrogen-bond acceptors (Lipinski definition) is 2. The van der Waals surface area contributed by atoms with E-state index in [-0.39, 0.29) is 22.9 Å². The van der Waals surface area contributed by atoms with Gasteiger partial charge in [-0.3, -0.25) is 9.59 Å². The zero-order valence-electron chi connectivity index (χ0n) is 12.1. The number of nitrogens with one attached hydrogen (secondary N) is 2. The summed E-state index contributed by atoms with van der Waals surface area (Å²) in [5.41, 5.74) is 0.684. The summed E-state index contributed by atoms with van der Waals surface area (Å²) in [4.78, 5) is 27.6. The Morgan fingerprint density at radius 3 is 2.65 bits per heavy atom. The van der Waals surface area contributed by atoms with Gasteiger partial charge in [-0.1, -0.05) is 32.9 Å². The molecule has 0 fully saturated rings. The van der Waals surface area contributed by atoms with Crippen LogP contribution in [0.3, 0.4) is 0 Å². The zero-order valence-corrected chi connectivity index (χ0v) is 12.1. The predicted octanol–water partition coefficient (Wildman–Crippen LogP) is 2.69. The number of carbonyl (C=O) groups excluding carboxylic acids is 1. The maximum absolute atomic E-state index is 12.3. The predicted molar refractivity (Wildman–Crippen MR) is 81.0 cm³/mol. The molecule has 2 N–H and O–H groups in total. The van der Waals surface area contributed by atoms with Gasteiger partial charge in [0, 0.05) is 23.1 Å². The molecular formula is C16H20N2O2. The summed E-state index contributed by atoms with van der Waals surface area (Å²) in [6.07, 6.45) is 2.34. The van der Waals surface area contributed by atoms with Gasteiger partial charge >= 0.3 is 0 Å². The number of para-hydroxylation sites is 1. The Balaban J connectivity index is 2.36. The molecule has 2 aromatic rings.